The summed E-state index contributed by atoms with van der Waals surface area (Å²) >= 11 is 0. The van der Waals surface area contributed by atoms with Crippen molar-refractivity contribution in [3.8, 4) is 0 Å². The molecule has 2 aliphatic rings. The molecule has 0 bridgehead atoms. The lowest BCUT2D eigenvalue weighted by atomic mass is 9.92. The minimum Gasteiger partial charge on any atom is -0.394 e. The summed E-state index contributed by atoms with van der Waals surface area (Å²) in [4.78, 5) is 2.48. The zero-order valence-corrected chi connectivity index (χ0v) is 14.1. The van der Waals surface area contributed by atoms with E-state index < -0.39 is 0 Å². The van der Waals surface area contributed by atoms with E-state index in [4.69, 9.17) is 5.11 Å². The minimum absolute atomic E-state index is 0.133. The lowest BCUT2D eigenvalue weighted by Crippen LogP contribution is -2.36. The number of aliphatic hydroxyl groups excluding tert-OH is 1. The summed E-state index contributed by atoms with van der Waals surface area (Å²) in [6.45, 7) is 4.99. The van der Waals surface area contributed by atoms with Gasteiger partial charge in [-0.15, -0.1) is 5.10 Å². The van der Waals surface area contributed by atoms with Crippen LogP contribution in [-0.4, -0.2) is 59.7 Å². The van der Waals surface area contributed by atoms with Gasteiger partial charge in [0.25, 0.3) is 0 Å². The molecule has 1 aliphatic heterocycles. The predicted molar refractivity (Wildman–Crippen MR) is 87.4 cm³/mol. The van der Waals surface area contributed by atoms with E-state index in [1.807, 2.05) is 15.6 Å². The standard InChI is InChI=1S/C16H25N7O/c1-12(16-18-19-20-23(16)14-2-3-14)21-8-5-13(6-9-21)15-4-7-17-22(15)10-11-24/h4,7,12-14,24H,2-3,5-6,8-11H2,1H3. The molecule has 0 radical (unpaired) electrons. The molecule has 1 saturated carbocycles. The Labute approximate surface area is 141 Å². The van der Waals surface area contributed by atoms with Gasteiger partial charge in [-0.2, -0.15) is 5.10 Å². The van der Waals surface area contributed by atoms with Gasteiger partial charge in [-0.3, -0.25) is 9.58 Å². The molecule has 0 aromatic carbocycles. The summed E-state index contributed by atoms with van der Waals surface area (Å²) in [7, 11) is 0. The second-order valence-corrected chi connectivity index (χ2v) is 6.90. The predicted octanol–water partition coefficient (Wildman–Crippen LogP) is 1.14. The SMILES string of the molecule is CC(c1nnnn1C1CC1)N1CCC(c2ccnn2CCO)CC1. The second kappa shape index (κ2) is 6.60. The van der Waals surface area contributed by atoms with Crippen LogP contribution in [0.15, 0.2) is 12.3 Å². The Morgan fingerprint density at radius 3 is 2.75 bits per heavy atom. The Bertz CT molecular complexity index is 670. The summed E-state index contributed by atoms with van der Waals surface area (Å²) in [6.07, 6.45) is 6.44. The van der Waals surface area contributed by atoms with E-state index in [0.717, 1.165) is 31.8 Å². The van der Waals surface area contributed by atoms with Crippen molar-refractivity contribution in [3.63, 3.8) is 0 Å². The van der Waals surface area contributed by atoms with E-state index in [1.54, 1.807) is 0 Å². The zero-order valence-electron chi connectivity index (χ0n) is 14.1. The molecule has 0 amide bonds. The average Bonchev–Trinajstić information content (AvgIpc) is 3.15. The van der Waals surface area contributed by atoms with Gasteiger partial charge in [0.05, 0.1) is 25.2 Å². The molecule has 1 atom stereocenters. The molecule has 8 nitrogen and oxygen atoms in total. The van der Waals surface area contributed by atoms with Gasteiger partial charge in [-0.05, 0) is 62.2 Å². The molecule has 0 spiro atoms. The first-order chi connectivity index (χ1) is 11.8. The number of nitrogens with zero attached hydrogens (tertiary/aromatic N) is 7. The monoisotopic (exact) mass is 331 g/mol. The number of aromatic nitrogens is 6. The maximum absolute atomic E-state index is 9.17. The molecule has 1 aliphatic carbocycles. The van der Waals surface area contributed by atoms with Crippen LogP contribution < -0.4 is 0 Å². The fraction of sp³-hybridized carbons (Fsp3) is 0.750. The Hall–Kier alpha value is -1.80. The summed E-state index contributed by atoms with van der Waals surface area (Å²) in [6, 6.07) is 2.86. The van der Waals surface area contributed by atoms with Crippen molar-refractivity contribution in [2.24, 2.45) is 0 Å². The van der Waals surface area contributed by atoms with Gasteiger partial charge in [0, 0.05) is 17.8 Å². The number of likely N-dealkylation sites (tertiary alicyclic amines) is 1. The number of hydrogen-bond donors (Lipinski definition) is 1. The molecule has 1 N–H and O–H groups in total. The topological polar surface area (TPSA) is 84.9 Å². The van der Waals surface area contributed by atoms with Crippen molar-refractivity contribution in [1.82, 2.24) is 34.9 Å². The van der Waals surface area contributed by atoms with E-state index in [2.05, 4.69) is 38.5 Å². The molecular formula is C16H25N7O. The van der Waals surface area contributed by atoms with Crippen molar-refractivity contribution in [3.05, 3.63) is 23.8 Å². The smallest absolute Gasteiger partial charge is 0.168 e. The van der Waals surface area contributed by atoms with Gasteiger partial charge in [-0.1, -0.05) is 0 Å². The Morgan fingerprint density at radius 2 is 2.04 bits per heavy atom. The third kappa shape index (κ3) is 2.95. The average molecular weight is 331 g/mol. The number of rotatable bonds is 6. The summed E-state index contributed by atoms with van der Waals surface area (Å²) < 4.78 is 3.96. The molecule has 2 aromatic rings. The van der Waals surface area contributed by atoms with Crippen LogP contribution in [0.2, 0.25) is 0 Å². The highest BCUT2D eigenvalue weighted by Gasteiger charge is 2.33. The first kappa shape index (κ1) is 15.7. The van der Waals surface area contributed by atoms with Crippen molar-refractivity contribution >= 4 is 0 Å². The highest BCUT2D eigenvalue weighted by atomic mass is 16.3. The van der Waals surface area contributed by atoms with Gasteiger partial charge in [0.1, 0.15) is 0 Å². The molecule has 8 heteroatoms. The highest BCUT2D eigenvalue weighted by molar-refractivity contribution is 5.10. The lowest BCUT2D eigenvalue weighted by molar-refractivity contribution is 0.150. The minimum atomic E-state index is 0.133. The van der Waals surface area contributed by atoms with E-state index in [1.165, 1.54) is 18.5 Å². The maximum atomic E-state index is 9.17. The van der Waals surface area contributed by atoms with E-state index >= 15 is 0 Å². The van der Waals surface area contributed by atoms with Crippen molar-refractivity contribution in [2.75, 3.05) is 19.7 Å². The van der Waals surface area contributed by atoms with Crippen LogP contribution in [-0.2, 0) is 6.54 Å². The molecule has 24 heavy (non-hydrogen) atoms. The van der Waals surface area contributed by atoms with Gasteiger partial charge in [0.2, 0.25) is 0 Å². The molecule has 3 heterocycles. The Balaban J connectivity index is 1.40. The first-order valence-electron chi connectivity index (χ1n) is 8.92. The number of aliphatic hydroxyl groups is 1. The molecule has 2 aromatic heterocycles. The fourth-order valence-electron chi connectivity index (χ4n) is 3.77. The second-order valence-electron chi connectivity index (χ2n) is 6.90. The number of piperidine rings is 1. The van der Waals surface area contributed by atoms with Gasteiger partial charge in [0.15, 0.2) is 5.82 Å². The Kier molecular flexibility index (Phi) is 4.32. The first-order valence-corrected chi connectivity index (χ1v) is 8.92. The normalized spacial score (nSPS) is 21.2. The van der Waals surface area contributed by atoms with Crippen molar-refractivity contribution in [2.45, 2.75) is 57.2 Å². The van der Waals surface area contributed by atoms with Crippen LogP contribution in [0.5, 0.6) is 0 Å². The van der Waals surface area contributed by atoms with Crippen LogP contribution >= 0.6 is 0 Å². The molecule has 1 unspecified atom stereocenters. The van der Waals surface area contributed by atoms with Crippen molar-refractivity contribution < 1.29 is 5.11 Å². The lowest BCUT2D eigenvalue weighted by Gasteiger charge is -2.35. The van der Waals surface area contributed by atoms with Crippen LogP contribution in [0.4, 0.5) is 0 Å². The van der Waals surface area contributed by atoms with Gasteiger partial charge < -0.3 is 5.11 Å². The van der Waals surface area contributed by atoms with Crippen LogP contribution in [0, 0.1) is 0 Å². The van der Waals surface area contributed by atoms with Gasteiger partial charge >= 0.3 is 0 Å². The molecule has 130 valence electrons. The van der Waals surface area contributed by atoms with E-state index in [-0.39, 0.29) is 12.6 Å². The van der Waals surface area contributed by atoms with Crippen LogP contribution in [0.25, 0.3) is 0 Å². The molecular weight excluding hydrogens is 306 g/mol. The third-order valence-electron chi connectivity index (χ3n) is 5.34. The zero-order chi connectivity index (χ0) is 16.5. The number of tetrazole rings is 1. The molecule has 4 rings (SSSR count). The quantitative estimate of drug-likeness (QED) is 0.854. The number of hydrogen-bond acceptors (Lipinski definition) is 6. The van der Waals surface area contributed by atoms with Crippen LogP contribution in [0.1, 0.15) is 62.1 Å². The van der Waals surface area contributed by atoms with Crippen molar-refractivity contribution in [1.29, 1.82) is 0 Å². The van der Waals surface area contributed by atoms with Gasteiger partial charge in [-0.25, -0.2) is 4.68 Å². The molecule has 2 fully saturated rings. The largest absolute Gasteiger partial charge is 0.394 e. The Morgan fingerprint density at radius 1 is 1.25 bits per heavy atom. The summed E-state index contributed by atoms with van der Waals surface area (Å²) in [5, 5.41) is 25.8. The summed E-state index contributed by atoms with van der Waals surface area (Å²) in [5.74, 6) is 1.52. The van der Waals surface area contributed by atoms with E-state index in [0.29, 0.717) is 18.5 Å². The van der Waals surface area contributed by atoms with Crippen LogP contribution in [0.3, 0.4) is 0 Å². The molecule has 1 saturated heterocycles. The summed E-state index contributed by atoms with van der Waals surface area (Å²) in [5.41, 5.74) is 1.25. The fourth-order valence-corrected chi connectivity index (χ4v) is 3.77. The highest BCUT2D eigenvalue weighted by Crippen LogP contribution is 2.37. The third-order valence-corrected chi connectivity index (χ3v) is 5.34. The maximum Gasteiger partial charge on any atom is 0.168 e. The van der Waals surface area contributed by atoms with E-state index in [9.17, 15) is 0 Å².